The van der Waals surface area contributed by atoms with Gasteiger partial charge < -0.3 is 10.8 Å². The second kappa shape index (κ2) is 5.17. The van der Waals surface area contributed by atoms with Crippen molar-refractivity contribution < 1.29 is 5.11 Å². The second-order valence-corrected chi connectivity index (χ2v) is 5.08. The number of hydrogen-bond donors (Lipinski definition) is 2. The zero-order chi connectivity index (χ0) is 11.5. The van der Waals surface area contributed by atoms with Crippen molar-refractivity contribution in [1.29, 1.82) is 0 Å². The van der Waals surface area contributed by atoms with E-state index in [-0.39, 0.29) is 12.1 Å². The summed E-state index contributed by atoms with van der Waals surface area (Å²) in [5.74, 6) is 0.490. The lowest BCUT2D eigenvalue weighted by Crippen LogP contribution is -2.27. The summed E-state index contributed by atoms with van der Waals surface area (Å²) in [5.41, 5.74) is 7.38. The monoisotopic (exact) mass is 239 g/mol. The van der Waals surface area contributed by atoms with Crippen molar-refractivity contribution in [3.05, 3.63) is 34.9 Å². The molecular weight excluding hydrogens is 222 g/mol. The van der Waals surface area contributed by atoms with Crippen LogP contribution < -0.4 is 5.73 Å². The summed E-state index contributed by atoms with van der Waals surface area (Å²) < 4.78 is 0. The highest BCUT2D eigenvalue weighted by Gasteiger charge is 2.25. The van der Waals surface area contributed by atoms with E-state index in [1.807, 2.05) is 24.3 Å². The van der Waals surface area contributed by atoms with Gasteiger partial charge in [0, 0.05) is 11.1 Å². The SMILES string of the molecule is NC(c1ccc(Cl)cc1)C1CCC(O)CC1. The number of benzene rings is 1. The third-order valence-corrected chi connectivity index (χ3v) is 3.76. The molecule has 1 aromatic rings. The second-order valence-electron chi connectivity index (χ2n) is 4.65. The molecule has 1 aliphatic carbocycles. The van der Waals surface area contributed by atoms with Gasteiger partial charge in [0.15, 0.2) is 0 Å². The molecule has 1 fully saturated rings. The van der Waals surface area contributed by atoms with Gasteiger partial charge in [0.25, 0.3) is 0 Å². The Kier molecular flexibility index (Phi) is 3.85. The molecule has 0 heterocycles. The zero-order valence-electron chi connectivity index (χ0n) is 9.27. The molecule has 1 unspecified atom stereocenters. The fourth-order valence-electron chi connectivity index (χ4n) is 2.42. The Bertz CT molecular complexity index is 330. The average molecular weight is 240 g/mol. The van der Waals surface area contributed by atoms with Crippen LogP contribution in [0.5, 0.6) is 0 Å². The number of aliphatic hydroxyl groups excluding tert-OH is 1. The van der Waals surface area contributed by atoms with Crippen LogP contribution in [-0.2, 0) is 0 Å². The number of aliphatic hydroxyl groups is 1. The molecule has 1 aromatic carbocycles. The van der Waals surface area contributed by atoms with Gasteiger partial charge in [-0.05, 0) is 49.3 Å². The number of rotatable bonds is 2. The summed E-state index contributed by atoms with van der Waals surface area (Å²) in [4.78, 5) is 0. The lowest BCUT2D eigenvalue weighted by molar-refractivity contribution is 0.102. The topological polar surface area (TPSA) is 46.2 Å². The van der Waals surface area contributed by atoms with Gasteiger partial charge in [0.05, 0.1) is 6.10 Å². The van der Waals surface area contributed by atoms with Crippen LogP contribution >= 0.6 is 11.6 Å². The van der Waals surface area contributed by atoms with Crippen LogP contribution in [0.4, 0.5) is 0 Å². The number of halogens is 1. The molecule has 0 amide bonds. The highest BCUT2D eigenvalue weighted by Crippen LogP contribution is 2.33. The molecule has 2 nitrogen and oxygen atoms in total. The Morgan fingerprint density at radius 1 is 1.12 bits per heavy atom. The lowest BCUT2D eigenvalue weighted by Gasteiger charge is -2.30. The molecular formula is C13H18ClNO. The average Bonchev–Trinajstić information content (AvgIpc) is 2.30. The molecule has 16 heavy (non-hydrogen) atoms. The van der Waals surface area contributed by atoms with Gasteiger partial charge in [-0.3, -0.25) is 0 Å². The predicted octanol–water partition coefficient (Wildman–Crippen LogP) is 2.89. The Balaban J connectivity index is 2.01. The number of nitrogens with two attached hydrogens (primary N) is 1. The minimum atomic E-state index is -0.117. The highest BCUT2D eigenvalue weighted by molar-refractivity contribution is 6.30. The Morgan fingerprint density at radius 2 is 1.69 bits per heavy atom. The molecule has 0 saturated heterocycles. The maximum atomic E-state index is 9.46. The van der Waals surface area contributed by atoms with Gasteiger partial charge in [-0.2, -0.15) is 0 Å². The quantitative estimate of drug-likeness (QED) is 0.834. The van der Waals surface area contributed by atoms with Gasteiger partial charge in [-0.1, -0.05) is 23.7 Å². The van der Waals surface area contributed by atoms with E-state index in [0.29, 0.717) is 5.92 Å². The molecule has 0 spiro atoms. The highest BCUT2D eigenvalue weighted by atomic mass is 35.5. The van der Waals surface area contributed by atoms with Crippen molar-refractivity contribution in [1.82, 2.24) is 0 Å². The fourth-order valence-corrected chi connectivity index (χ4v) is 2.54. The molecule has 0 aliphatic heterocycles. The maximum absolute atomic E-state index is 9.46. The smallest absolute Gasteiger partial charge is 0.0540 e. The van der Waals surface area contributed by atoms with Crippen molar-refractivity contribution >= 4 is 11.6 Å². The van der Waals surface area contributed by atoms with Crippen LogP contribution in [0.1, 0.15) is 37.3 Å². The van der Waals surface area contributed by atoms with Crippen LogP contribution in [0.3, 0.4) is 0 Å². The summed E-state index contributed by atoms with van der Waals surface area (Å²) >= 11 is 5.85. The van der Waals surface area contributed by atoms with Crippen LogP contribution in [0.25, 0.3) is 0 Å². The first-order valence-corrected chi connectivity index (χ1v) is 6.23. The Labute approximate surface area is 101 Å². The van der Waals surface area contributed by atoms with Crippen molar-refractivity contribution in [2.45, 2.75) is 37.8 Å². The van der Waals surface area contributed by atoms with E-state index in [2.05, 4.69) is 0 Å². The van der Waals surface area contributed by atoms with Crippen LogP contribution in [0.2, 0.25) is 5.02 Å². The molecule has 0 radical (unpaired) electrons. The summed E-state index contributed by atoms with van der Waals surface area (Å²) in [6, 6.07) is 7.84. The van der Waals surface area contributed by atoms with Crippen LogP contribution in [-0.4, -0.2) is 11.2 Å². The van der Waals surface area contributed by atoms with Gasteiger partial charge >= 0.3 is 0 Å². The van der Waals surface area contributed by atoms with Crippen LogP contribution in [0.15, 0.2) is 24.3 Å². The molecule has 0 aromatic heterocycles. The van der Waals surface area contributed by atoms with E-state index in [1.165, 1.54) is 0 Å². The summed E-state index contributed by atoms with van der Waals surface area (Å²) in [5, 5.41) is 10.2. The minimum absolute atomic E-state index is 0.0739. The van der Waals surface area contributed by atoms with Gasteiger partial charge in [-0.25, -0.2) is 0 Å². The van der Waals surface area contributed by atoms with Gasteiger partial charge in [-0.15, -0.1) is 0 Å². The van der Waals surface area contributed by atoms with E-state index < -0.39 is 0 Å². The van der Waals surface area contributed by atoms with Gasteiger partial charge in [0.1, 0.15) is 0 Å². The van der Waals surface area contributed by atoms with Crippen molar-refractivity contribution in [3.63, 3.8) is 0 Å². The summed E-state index contributed by atoms with van der Waals surface area (Å²) in [7, 11) is 0. The third kappa shape index (κ3) is 2.76. The molecule has 1 saturated carbocycles. The molecule has 88 valence electrons. The summed E-state index contributed by atoms with van der Waals surface area (Å²) in [6.07, 6.45) is 3.68. The molecule has 1 atom stereocenters. The Hall–Kier alpha value is -0.570. The van der Waals surface area contributed by atoms with E-state index in [1.54, 1.807) is 0 Å². The largest absolute Gasteiger partial charge is 0.393 e. The Morgan fingerprint density at radius 3 is 2.25 bits per heavy atom. The lowest BCUT2D eigenvalue weighted by atomic mass is 9.80. The third-order valence-electron chi connectivity index (χ3n) is 3.50. The summed E-state index contributed by atoms with van der Waals surface area (Å²) in [6.45, 7) is 0. The van der Waals surface area contributed by atoms with E-state index in [9.17, 15) is 5.11 Å². The number of hydrogen-bond acceptors (Lipinski definition) is 2. The first-order chi connectivity index (χ1) is 7.66. The maximum Gasteiger partial charge on any atom is 0.0540 e. The van der Waals surface area contributed by atoms with Crippen molar-refractivity contribution in [3.8, 4) is 0 Å². The molecule has 1 aliphatic rings. The van der Waals surface area contributed by atoms with Crippen molar-refractivity contribution in [2.75, 3.05) is 0 Å². The van der Waals surface area contributed by atoms with E-state index in [4.69, 9.17) is 17.3 Å². The van der Waals surface area contributed by atoms with Gasteiger partial charge in [0.2, 0.25) is 0 Å². The van der Waals surface area contributed by atoms with Crippen molar-refractivity contribution in [2.24, 2.45) is 11.7 Å². The molecule has 2 rings (SSSR count). The zero-order valence-corrected chi connectivity index (χ0v) is 10.0. The molecule has 0 bridgehead atoms. The van der Waals surface area contributed by atoms with E-state index >= 15 is 0 Å². The van der Waals surface area contributed by atoms with E-state index in [0.717, 1.165) is 36.3 Å². The first-order valence-electron chi connectivity index (χ1n) is 5.86. The first kappa shape index (κ1) is 11.9. The minimum Gasteiger partial charge on any atom is -0.393 e. The normalized spacial score (nSPS) is 27.7. The fraction of sp³-hybridized carbons (Fsp3) is 0.538. The standard InChI is InChI=1S/C13H18ClNO/c14-11-5-1-9(2-6-11)13(15)10-3-7-12(16)8-4-10/h1-2,5-6,10,12-13,16H,3-4,7-8,15H2. The molecule has 3 N–H and O–H groups in total. The predicted molar refractivity (Wildman–Crippen MR) is 66.3 cm³/mol. The molecule has 3 heteroatoms. The van der Waals surface area contributed by atoms with Crippen LogP contribution in [0, 0.1) is 5.92 Å².